The summed E-state index contributed by atoms with van der Waals surface area (Å²) in [7, 11) is 0. The number of ketones is 1. The van der Waals surface area contributed by atoms with Gasteiger partial charge in [0.25, 0.3) is 0 Å². The maximum Gasteiger partial charge on any atom is 0.227 e. The number of aldehydes is 1. The highest BCUT2D eigenvalue weighted by atomic mass is 16.2. The maximum absolute atomic E-state index is 11.8. The lowest BCUT2D eigenvalue weighted by atomic mass is 10.1. The fourth-order valence-corrected chi connectivity index (χ4v) is 2.26. The monoisotopic (exact) mass is 291 g/mol. The fourth-order valence-electron chi connectivity index (χ4n) is 2.26. The Morgan fingerprint density at radius 1 is 1.18 bits per heavy atom. The Labute approximate surface area is 127 Å². The lowest BCUT2D eigenvalue weighted by Crippen LogP contribution is -2.05. The average molecular weight is 291 g/mol. The zero-order valence-electron chi connectivity index (χ0n) is 11.7. The van der Waals surface area contributed by atoms with Gasteiger partial charge in [0.1, 0.15) is 6.33 Å². The van der Waals surface area contributed by atoms with Crippen LogP contribution in [0, 0.1) is 0 Å². The summed E-state index contributed by atoms with van der Waals surface area (Å²) >= 11 is 0. The van der Waals surface area contributed by atoms with E-state index in [1.807, 2.05) is 36.4 Å². The van der Waals surface area contributed by atoms with Crippen LogP contribution in [-0.2, 0) is 11.3 Å². The van der Waals surface area contributed by atoms with E-state index in [0.717, 1.165) is 11.3 Å². The third-order valence-corrected chi connectivity index (χ3v) is 3.32. The molecular weight excluding hydrogens is 278 g/mol. The third-order valence-electron chi connectivity index (χ3n) is 3.32. The van der Waals surface area contributed by atoms with Gasteiger partial charge in [0.05, 0.1) is 11.1 Å². The minimum atomic E-state index is -0.591. The van der Waals surface area contributed by atoms with Crippen molar-refractivity contribution in [2.45, 2.75) is 6.54 Å². The summed E-state index contributed by atoms with van der Waals surface area (Å²) in [4.78, 5) is 30.7. The van der Waals surface area contributed by atoms with E-state index in [-0.39, 0.29) is 5.56 Å². The number of aromatic nitrogens is 2. The maximum atomic E-state index is 11.8. The van der Waals surface area contributed by atoms with E-state index >= 15 is 0 Å². The second kappa shape index (κ2) is 6.13. The molecule has 0 aliphatic heterocycles. The number of hydrogen-bond donors (Lipinski definition) is 1. The molecule has 0 unspecified atom stereocenters. The molecule has 3 aromatic rings. The molecule has 5 nitrogen and oxygen atoms in total. The van der Waals surface area contributed by atoms with E-state index in [0.29, 0.717) is 23.7 Å². The van der Waals surface area contributed by atoms with Gasteiger partial charge in [-0.05, 0) is 17.7 Å². The van der Waals surface area contributed by atoms with Crippen molar-refractivity contribution in [3.63, 3.8) is 0 Å². The Morgan fingerprint density at radius 3 is 2.77 bits per heavy atom. The van der Waals surface area contributed by atoms with Crippen LogP contribution in [0.3, 0.4) is 0 Å². The van der Waals surface area contributed by atoms with Gasteiger partial charge in [0.15, 0.2) is 6.29 Å². The van der Waals surface area contributed by atoms with Gasteiger partial charge in [-0.1, -0.05) is 30.3 Å². The molecule has 0 amide bonds. The first-order valence-corrected chi connectivity index (χ1v) is 6.79. The SMILES string of the molecule is O=CC(=O)c1cc(NCc2ccccc2)cc2cncnc12. The fraction of sp³-hybridized carbons (Fsp3) is 0.0588. The second-order valence-electron chi connectivity index (χ2n) is 4.81. The van der Waals surface area contributed by atoms with Crippen molar-refractivity contribution in [2.75, 3.05) is 5.32 Å². The summed E-state index contributed by atoms with van der Waals surface area (Å²) in [6, 6.07) is 13.4. The van der Waals surface area contributed by atoms with Crippen LogP contribution in [0.25, 0.3) is 10.9 Å². The summed E-state index contributed by atoms with van der Waals surface area (Å²) in [5, 5.41) is 3.96. The molecule has 0 aliphatic rings. The first-order valence-electron chi connectivity index (χ1n) is 6.79. The molecule has 0 atom stereocenters. The zero-order chi connectivity index (χ0) is 15.4. The highest BCUT2D eigenvalue weighted by molar-refractivity contribution is 6.36. The normalized spacial score (nSPS) is 10.4. The summed E-state index contributed by atoms with van der Waals surface area (Å²) in [5.41, 5.74) is 2.63. The van der Waals surface area contributed by atoms with E-state index in [1.54, 1.807) is 12.3 Å². The van der Waals surface area contributed by atoms with Gasteiger partial charge < -0.3 is 5.32 Å². The van der Waals surface area contributed by atoms with Gasteiger partial charge in [-0.25, -0.2) is 9.97 Å². The molecule has 1 N–H and O–H groups in total. The molecule has 108 valence electrons. The number of carbonyl (C=O) groups is 2. The molecule has 3 rings (SSSR count). The molecule has 0 fully saturated rings. The number of anilines is 1. The van der Waals surface area contributed by atoms with Gasteiger partial charge in [0, 0.05) is 23.8 Å². The van der Waals surface area contributed by atoms with Crippen LogP contribution in [0.4, 0.5) is 5.69 Å². The summed E-state index contributed by atoms with van der Waals surface area (Å²) in [6.45, 7) is 0.620. The zero-order valence-corrected chi connectivity index (χ0v) is 11.7. The van der Waals surface area contributed by atoms with Crippen molar-refractivity contribution < 1.29 is 9.59 Å². The summed E-state index contributed by atoms with van der Waals surface area (Å²) < 4.78 is 0. The number of Topliss-reactive ketones (excluding diaryl/α,β-unsaturated/α-hetero) is 1. The number of hydrogen-bond acceptors (Lipinski definition) is 5. The minimum Gasteiger partial charge on any atom is -0.381 e. The number of carbonyl (C=O) groups excluding carboxylic acids is 2. The molecule has 2 aromatic carbocycles. The number of rotatable bonds is 5. The Kier molecular flexibility index (Phi) is 3.87. The molecule has 0 spiro atoms. The number of nitrogens with one attached hydrogen (secondary N) is 1. The number of benzene rings is 2. The van der Waals surface area contributed by atoms with E-state index in [2.05, 4.69) is 15.3 Å². The highest BCUT2D eigenvalue weighted by Gasteiger charge is 2.12. The minimum absolute atomic E-state index is 0.283. The molecule has 22 heavy (non-hydrogen) atoms. The van der Waals surface area contributed by atoms with E-state index in [1.165, 1.54) is 6.33 Å². The first kappa shape index (κ1) is 13.9. The van der Waals surface area contributed by atoms with Crippen LogP contribution in [0.2, 0.25) is 0 Å². The van der Waals surface area contributed by atoms with Gasteiger partial charge >= 0.3 is 0 Å². The number of nitrogens with zero attached hydrogens (tertiary/aromatic N) is 2. The van der Waals surface area contributed by atoms with Crippen LogP contribution in [0.1, 0.15) is 15.9 Å². The van der Waals surface area contributed by atoms with Gasteiger partial charge in [-0.2, -0.15) is 0 Å². The van der Waals surface area contributed by atoms with Crippen molar-refractivity contribution in [2.24, 2.45) is 0 Å². The van der Waals surface area contributed by atoms with Crippen molar-refractivity contribution in [1.29, 1.82) is 0 Å². The molecule has 0 aliphatic carbocycles. The van der Waals surface area contributed by atoms with E-state index in [9.17, 15) is 9.59 Å². The topological polar surface area (TPSA) is 72.0 Å². The summed E-state index contributed by atoms with van der Waals surface area (Å²) in [6.07, 6.45) is 3.29. The summed E-state index contributed by atoms with van der Waals surface area (Å²) in [5.74, 6) is -0.591. The van der Waals surface area contributed by atoms with Gasteiger partial charge in [-0.3, -0.25) is 9.59 Å². The van der Waals surface area contributed by atoms with Crippen LogP contribution in [-0.4, -0.2) is 22.0 Å². The molecule has 1 aromatic heterocycles. The van der Waals surface area contributed by atoms with Crippen molar-refractivity contribution >= 4 is 28.7 Å². The van der Waals surface area contributed by atoms with Crippen LogP contribution >= 0.6 is 0 Å². The van der Waals surface area contributed by atoms with Crippen molar-refractivity contribution in [3.8, 4) is 0 Å². The predicted octanol–water partition coefficient (Wildman–Crippen LogP) is 2.62. The quantitative estimate of drug-likeness (QED) is 0.444. The van der Waals surface area contributed by atoms with Crippen molar-refractivity contribution in [3.05, 3.63) is 66.1 Å². The smallest absolute Gasteiger partial charge is 0.227 e. The largest absolute Gasteiger partial charge is 0.381 e. The van der Waals surface area contributed by atoms with Gasteiger partial charge in [0.2, 0.25) is 5.78 Å². The van der Waals surface area contributed by atoms with Crippen LogP contribution < -0.4 is 5.32 Å². The second-order valence-corrected chi connectivity index (χ2v) is 4.81. The van der Waals surface area contributed by atoms with E-state index < -0.39 is 5.78 Å². The highest BCUT2D eigenvalue weighted by Crippen LogP contribution is 2.22. The first-order chi connectivity index (χ1) is 10.8. The lowest BCUT2D eigenvalue weighted by Gasteiger charge is -2.09. The molecule has 0 bridgehead atoms. The van der Waals surface area contributed by atoms with Crippen LogP contribution in [0.5, 0.6) is 0 Å². The van der Waals surface area contributed by atoms with Crippen molar-refractivity contribution in [1.82, 2.24) is 9.97 Å². The van der Waals surface area contributed by atoms with Crippen LogP contribution in [0.15, 0.2) is 55.0 Å². The molecule has 0 radical (unpaired) electrons. The molecule has 1 heterocycles. The molecule has 0 saturated heterocycles. The standard InChI is InChI=1S/C17H13N3O2/c21-10-16(22)15-7-14(6-13-9-18-11-20-17(13)15)19-8-12-4-2-1-3-5-12/h1-7,9-11,19H,8H2. The predicted molar refractivity (Wildman–Crippen MR) is 83.7 cm³/mol. The molecule has 5 heteroatoms. The Balaban J connectivity index is 1.96. The number of fused-ring (bicyclic) bond motifs is 1. The lowest BCUT2D eigenvalue weighted by molar-refractivity contribution is -0.104. The third kappa shape index (κ3) is 2.83. The van der Waals surface area contributed by atoms with E-state index in [4.69, 9.17) is 0 Å². The average Bonchev–Trinajstić information content (AvgIpc) is 2.59. The Hall–Kier alpha value is -3.08. The Morgan fingerprint density at radius 2 is 2.00 bits per heavy atom. The van der Waals surface area contributed by atoms with Gasteiger partial charge in [-0.15, -0.1) is 0 Å². The molecular formula is C17H13N3O2. The molecule has 0 saturated carbocycles. The Bertz CT molecular complexity index is 832.